The van der Waals surface area contributed by atoms with Crippen molar-refractivity contribution in [2.24, 2.45) is 7.05 Å². The Kier molecular flexibility index (Phi) is 3.84. The zero-order chi connectivity index (χ0) is 12.5. The third-order valence-corrected chi connectivity index (χ3v) is 5.67. The van der Waals surface area contributed by atoms with Gasteiger partial charge in [-0.05, 0) is 28.8 Å². The first kappa shape index (κ1) is 13.0. The maximum atomic E-state index is 12.4. The van der Waals surface area contributed by atoms with Crippen LogP contribution in [0.25, 0.3) is 0 Å². The van der Waals surface area contributed by atoms with Crippen molar-refractivity contribution in [1.29, 1.82) is 0 Å². The quantitative estimate of drug-likeness (QED) is 0.818. The Morgan fingerprint density at radius 1 is 1.18 bits per heavy atom. The summed E-state index contributed by atoms with van der Waals surface area (Å²) in [5.74, 6) is 0. The van der Waals surface area contributed by atoms with E-state index in [1.165, 1.54) is 8.99 Å². The fraction of sp³-hybridized carbons (Fsp3) is 0.778. The summed E-state index contributed by atoms with van der Waals surface area (Å²) in [7, 11) is -1.89. The Morgan fingerprint density at radius 3 is 2.24 bits per heavy atom. The molecule has 0 unspecified atom stereocenters. The normalized spacial score (nSPS) is 19.2. The van der Waals surface area contributed by atoms with Gasteiger partial charge in [-0.25, -0.2) is 13.1 Å². The largest absolute Gasteiger partial charge is 0.263 e. The first-order chi connectivity index (χ1) is 8.03. The standard InChI is InChI=1S/C9H15BrN4O2S/c1-13-9(8(10)11-12-13)17(15,16)14-6-4-2-3-5-7-14/h2-7H2,1H3. The molecule has 8 heteroatoms. The van der Waals surface area contributed by atoms with E-state index in [9.17, 15) is 8.42 Å². The van der Waals surface area contributed by atoms with E-state index in [4.69, 9.17) is 0 Å². The number of hydrogen-bond donors (Lipinski definition) is 0. The van der Waals surface area contributed by atoms with Crippen molar-refractivity contribution in [3.63, 3.8) is 0 Å². The van der Waals surface area contributed by atoms with Gasteiger partial charge in [-0.15, -0.1) is 5.10 Å². The molecule has 1 aromatic rings. The van der Waals surface area contributed by atoms with Crippen LogP contribution in [0, 0.1) is 0 Å². The Bertz CT molecular complexity index is 472. The molecule has 17 heavy (non-hydrogen) atoms. The van der Waals surface area contributed by atoms with Crippen molar-refractivity contribution in [3.05, 3.63) is 4.60 Å². The van der Waals surface area contributed by atoms with Gasteiger partial charge in [-0.2, -0.15) is 4.31 Å². The lowest BCUT2D eigenvalue weighted by Crippen LogP contribution is -2.33. The van der Waals surface area contributed by atoms with Gasteiger partial charge < -0.3 is 0 Å². The lowest BCUT2D eigenvalue weighted by molar-refractivity contribution is 0.417. The number of halogens is 1. The van der Waals surface area contributed by atoms with Crippen molar-refractivity contribution in [1.82, 2.24) is 19.3 Å². The molecular formula is C9H15BrN4O2S. The topological polar surface area (TPSA) is 68.1 Å². The van der Waals surface area contributed by atoms with E-state index in [-0.39, 0.29) is 9.63 Å². The monoisotopic (exact) mass is 322 g/mol. The molecule has 0 amide bonds. The molecule has 2 heterocycles. The smallest absolute Gasteiger partial charge is 0.235 e. The minimum absolute atomic E-state index is 0.138. The molecular weight excluding hydrogens is 308 g/mol. The maximum absolute atomic E-state index is 12.4. The maximum Gasteiger partial charge on any atom is 0.263 e. The summed E-state index contributed by atoms with van der Waals surface area (Å²) >= 11 is 3.14. The fourth-order valence-electron chi connectivity index (χ4n) is 2.00. The molecule has 0 atom stereocenters. The van der Waals surface area contributed by atoms with E-state index < -0.39 is 10.0 Å². The summed E-state index contributed by atoms with van der Waals surface area (Å²) in [5, 5.41) is 7.58. The van der Waals surface area contributed by atoms with E-state index in [1.807, 2.05) is 0 Å². The first-order valence-corrected chi connectivity index (χ1v) is 7.82. The lowest BCUT2D eigenvalue weighted by atomic mass is 10.2. The van der Waals surface area contributed by atoms with E-state index in [2.05, 4.69) is 26.2 Å². The zero-order valence-electron chi connectivity index (χ0n) is 9.63. The van der Waals surface area contributed by atoms with Crippen LogP contribution in [0.4, 0.5) is 0 Å². The van der Waals surface area contributed by atoms with Crippen LogP contribution in [-0.2, 0) is 17.1 Å². The highest BCUT2D eigenvalue weighted by Gasteiger charge is 2.31. The van der Waals surface area contributed by atoms with Gasteiger partial charge in [0, 0.05) is 20.1 Å². The molecule has 1 aromatic heterocycles. The van der Waals surface area contributed by atoms with Gasteiger partial charge in [0.1, 0.15) is 0 Å². The summed E-state index contributed by atoms with van der Waals surface area (Å²) in [6.07, 6.45) is 4.03. The minimum atomic E-state index is -3.48. The highest BCUT2D eigenvalue weighted by atomic mass is 79.9. The van der Waals surface area contributed by atoms with Crippen LogP contribution < -0.4 is 0 Å². The molecule has 0 bridgehead atoms. The minimum Gasteiger partial charge on any atom is -0.235 e. The average Bonchev–Trinajstić information content (AvgIpc) is 2.53. The van der Waals surface area contributed by atoms with Crippen molar-refractivity contribution in [2.75, 3.05) is 13.1 Å². The third kappa shape index (κ3) is 2.53. The molecule has 1 saturated heterocycles. The van der Waals surface area contributed by atoms with Crippen LogP contribution in [-0.4, -0.2) is 40.8 Å². The van der Waals surface area contributed by atoms with Gasteiger partial charge in [0.25, 0.3) is 10.0 Å². The Hall–Kier alpha value is -0.470. The second kappa shape index (κ2) is 5.03. The van der Waals surface area contributed by atoms with E-state index in [1.54, 1.807) is 7.05 Å². The molecule has 0 saturated carbocycles. The highest BCUT2D eigenvalue weighted by Crippen LogP contribution is 2.24. The number of rotatable bonds is 2. The molecule has 0 aromatic carbocycles. The Balaban J connectivity index is 2.35. The second-order valence-electron chi connectivity index (χ2n) is 4.13. The predicted molar refractivity (Wildman–Crippen MR) is 65.9 cm³/mol. The van der Waals surface area contributed by atoms with Crippen molar-refractivity contribution >= 4 is 26.0 Å². The average molecular weight is 323 g/mol. The summed E-state index contributed by atoms with van der Waals surface area (Å²) in [5.41, 5.74) is 0. The van der Waals surface area contributed by atoms with Gasteiger partial charge in [0.05, 0.1) is 0 Å². The van der Waals surface area contributed by atoms with Crippen LogP contribution in [0.5, 0.6) is 0 Å². The Morgan fingerprint density at radius 2 is 1.76 bits per heavy atom. The van der Waals surface area contributed by atoms with Crippen LogP contribution in [0.15, 0.2) is 9.63 Å². The van der Waals surface area contributed by atoms with Crippen molar-refractivity contribution in [3.8, 4) is 0 Å². The molecule has 2 rings (SSSR count). The summed E-state index contributed by atoms with van der Waals surface area (Å²) < 4.78 is 28.0. The van der Waals surface area contributed by atoms with Crippen LogP contribution in [0.3, 0.4) is 0 Å². The number of nitrogens with zero attached hydrogens (tertiary/aromatic N) is 4. The molecule has 1 aliphatic rings. The number of aryl methyl sites for hydroxylation is 1. The highest BCUT2D eigenvalue weighted by molar-refractivity contribution is 9.10. The zero-order valence-corrected chi connectivity index (χ0v) is 12.0. The van der Waals surface area contributed by atoms with E-state index >= 15 is 0 Å². The molecule has 6 nitrogen and oxygen atoms in total. The van der Waals surface area contributed by atoms with Crippen LogP contribution in [0.1, 0.15) is 25.7 Å². The number of aromatic nitrogens is 3. The summed E-state index contributed by atoms with van der Waals surface area (Å²) in [6.45, 7) is 1.17. The molecule has 0 spiro atoms. The van der Waals surface area contributed by atoms with Crippen molar-refractivity contribution < 1.29 is 8.42 Å². The molecule has 1 fully saturated rings. The molecule has 0 N–H and O–H groups in total. The second-order valence-corrected chi connectivity index (χ2v) is 6.73. The number of sulfonamides is 1. The van der Waals surface area contributed by atoms with E-state index in [0.717, 1.165) is 25.7 Å². The van der Waals surface area contributed by atoms with Gasteiger partial charge in [-0.1, -0.05) is 18.1 Å². The molecule has 0 radical (unpaired) electrons. The first-order valence-electron chi connectivity index (χ1n) is 5.59. The SMILES string of the molecule is Cn1nnc(Br)c1S(=O)(=O)N1CCCCCC1. The van der Waals surface area contributed by atoms with Gasteiger partial charge >= 0.3 is 0 Å². The van der Waals surface area contributed by atoms with Gasteiger partial charge in [0.2, 0.25) is 5.03 Å². The summed E-state index contributed by atoms with van der Waals surface area (Å²) in [6, 6.07) is 0. The lowest BCUT2D eigenvalue weighted by Gasteiger charge is -2.19. The van der Waals surface area contributed by atoms with Gasteiger partial charge in [-0.3, -0.25) is 0 Å². The van der Waals surface area contributed by atoms with Crippen LogP contribution in [0.2, 0.25) is 0 Å². The van der Waals surface area contributed by atoms with Crippen LogP contribution >= 0.6 is 15.9 Å². The molecule has 0 aliphatic carbocycles. The molecule has 96 valence electrons. The third-order valence-electron chi connectivity index (χ3n) is 2.89. The van der Waals surface area contributed by atoms with Gasteiger partial charge in [0.15, 0.2) is 4.60 Å². The predicted octanol–water partition coefficient (Wildman–Crippen LogP) is 1.14. The van der Waals surface area contributed by atoms with Crippen molar-refractivity contribution in [2.45, 2.75) is 30.7 Å². The number of hydrogen-bond acceptors (Lipinski definition) is 4. The summed E-state index contributed by atoms with van der Waals surface area (Å²) in [4.78, 5) is 0. The molecule has 1 aliphatic heterocycles. The fourth-order valence-corrected chi connectivity index (χ4v) is 4.55. The van der Waals surface area contributed by atoms with E-state index in [0.29, 0.717) is 13.1 Å². The Labute approximate surface area is 109 Å².